The molecular formula is C16H13ClF4O6S. The topological polar surface area (TPSA) is 89.9 Å². The van der Waals surface area contributed by atoms with Crippen molar-refractivity contribution in [2.75, 3.05) is 6.61 Å². The number of aliphatic hydroxyl groups excluding tert-OH is 1. The number of ether oxygens (including phenoxy) is 1. The molecule has 6 nitrogen and oxygen atoms in total. The van der Waals surface area contributed by atoms with E-state index in [0.717, 1.165) is 6.07 Å². The second kappa shape index (κ2) is 7.72. The van der Waals surface area contributed by atoms with E-state index in [9.17, 15) is 35.9 Å². The zero-order valence-electron chi connectivity index (χ0n) is 14.3. The lowest BCUT2D eigenvalue weighted by atomic mass is 9.96. The first kappa shape index (κ1) is 22.2. The number of aryl methyl sites for hydroxylation is 1. The molecule has 0 amide bonds. The summed E-state index contributed by atoms with van der Waals surface area (Å²) in [6.45, 7) is 2.53. The van der Waals surface area contributed by atoms with E-state index in [1.165, 1.54) is 19.9 Å². The highest BCUT2D eigenvalue weighted by molar-refractivity contribution is 7.88. The van der Waals surface area contributed by atoms with Gasteiger partial charge < -0.3 is 14.0 Å². The van der Waals surface area contributed by atoms with E-state index in [1.54, 1.807) is 0 Å². The van der Waals surface area contributed by atoms with E-state index in [0.29, 0.717) is 6.07 Å². The highest BCUT2D eigenvalue weighted by Gasteiger charge is 2.49. The molecule has 0 bridgehead atoms. The molecule has 154 valence electrons. The van der Waals surface area contributed by atoms with Gasteiger partial charge in [0.05, 0.1) is 11.6 Å². The molecule has 12 heteroatoms. The Balaban J connectivity index is 2.86. The van der Waals surface area contributed by atoms with Crippen LogP contribution < -0.4 is 4.18 Å². The van der Waals surface area contributed by atoms with E-state index in [2.05, 4.69) is 8.92 Å². The Labute approximate surface area is 161 Å². The second-order valence-corrected chi connectivity index (χ2v) is 7.51. The number of hydrogen-bond acceptors (Lipinski definition) is 6. The van der Waals surface area contributed by atoms with Crippen LogP contribution in [0.3, 0.4) is 0 Å². The smallest absolute Gasteiger partial charge is 0.464 e. The maximum Gasteiger partial charge on any atom is 0.534 e. The number of rotatable bonds is 5. The van der Waals surface area contributed by atoms with Crippen LogP contribution in [-0.4, -0.2) is 31.6 Å². The maximum atomic E-state index is 13.9. The van der Waals surface area contributed by atoms with E-state index in [4.69, 9.17) is 11.6 Å². The molecule has 0 aliphatic heterocycles. The summed E-state index contributed by atoms with van der Waals surface area (Å²) in [5, 5.41) is 9.41. The van der Waals surface area contributed by atoms with Gasteiger partial charge in [-0.25, -0.2) is 9.18 Å². The van der Waals surface area contributed by atoms with E-state index in [1.807, 2.05) is 0 Å². The molecule has 0 saturated heterocycles. The first-order valence-electron chi connectivity index (χ1n) is 7.57. The Morgan fingerprint density at radius 3 is 2.43 bits per heavy atom. The van der Waals surface area contributed by atoms with E-state index in [-0.39, 0.29) is 22.6 Å². The van der Waals surface area contributed by atoms with Crippen LogP contribution in [-0.2, 0) is 19.6 Å². The van der Waals surface area contributed by atoms with Gasteiger partial charge in [0, 0.05) is 10.9 Å². The lowest BCUT2D eigenvalue weighted by molar-refractivity contribution is -0.153. The summed E-state index contributed by atoms with van der Waals surface area (Å²) < 4.78 is 84.2. The SMILES string of the molecule is CCOC(=O)[C@@H](O)c1c(C)cc2cc(Cl)c(F)cc2c1OS(=O)(=O)C(F)(F)F. The van der Waals surface area contributed by atoms with Crippen molar-refractivity contribution in [2.24, 2.45) is 0 Å². The van der Waals surface area contributed by atoms with Gasteiger partial charge in [-0.15, -0.1) is 0 Å². The summed E-state index contributed by atoms with van der Waals surface area (Å²) >= 11 is 5.65. The van der Waals surface area contributed by atoms with Gasteiger partial charge in [-0.3, -0.25) is 0 Å². The van der Waals surface area contributed by atoms with Crippen LogP contribution in [0, 0.1) is 12.7 Å². The number of halogens is 5. The standard InChI is InChI=1S/C16H13ClF4O6S/c1-3-26-15(23)13(22)12-7(2)4-8-5-10(17)11(18)6-9(8)14(12)27-28(24,25)16(19,20)21/h4-6,13,22H,3H2,1-2H3/t13-/m0/s1. The Hall–Kier alpha value is -2.11. The fourth-order valence-electron chi connectivity index (χ4n) is 2.44. The first-order valence-corrected chi connectivity index (χ1v) is 9.36. The summed E-state index contributed by atoms with van der Waals surface area (Å²) in [6, 6.07) is 2.94. The molecule has 0 radical (unpaired) electrons. The summed E-state index contributed by atoms with van der Waals surface area (Å²) in [6.07, 6.45) is -2.18. The van der Waals surface area contributed by atoms with Gasteiger partial charge in [0.15, 0.2) is 11.9 Å². The quantitative estimate of drug-likeness (QED) is 0.327. The average Bonchev–Trinajstić information content (AvgIpc) is 2.55. The average molecular weight is 445 g/mol. The third-order valence-electron chi connectivity index (χ3n) is 3.64. The summed E-state index contributed by atoms with van der Waals surface area (Å²) in [5.41, 5.74) is -6.43. The van der Waals surface area contributed by atoms with Crippen LogP contribution in [0.2, 0.25) is 5.02 Å². The van der Waals surface area contributed by atoms with Crippen molar-refractivity contribution in [2.45, 2.75) is 25.5 Å². The molecule has 0 aliphatic rings. The zero-order chi connectivity index (χ0) is 21.4. The van der Waals surface area contributed by atoms with E-state index < -0.39 is 50.2 Å². The highest BCUT2D eigenvalue weighted by atomic mass is 35.5. The maximum absolute atomic E-state index is 13.9. The van der Waals surface area contributed by atoms with Gasteiger partial charge >= 0.3 is 21.6 Å². The minimum atomic E-state index is -6.19. The molecule has 0 saturated carbocycles. The number of aliphatic hydroxyl groups is 1. The third kappa shape index (κ3) is 4.15. The fourth-order valence-corrected chi connectivity index (χ4v) is 3.10. The molecule has 0 spiro atoms. The van der Waals surface area contributed by atoms with Crippen molar-refractivity contribution in [1.82, 2.24) is 0 Å². The van der Waals surface area contributed by atoms with Crippen LogP contribution in [0.5, 0.6) is 5.75 Å². The van der Waals surface area contributed by atoms with Crippen LogP contribution in [0.4, 0.5) is 17.6 Å². The number of carbonyl (C=O) groups excluding carboxylic acids is 1. The molecule has 2 rings (SSSR count). The van der Waals surface area contributed by atoms with Crippen LogP contribution >= 0.6 is 11.6 Å². The third-order valence-corrected chi connectivity index (χ3v) is 4.88. The molecular weight excluding hydrogens is 432 g/mol. The normalized spacial score (nSPS) is 13.4. The number of esters is 1. The number of hydrogen-bond donors (Lipinski definition) is 1. The molecule has 1 N–H and O–H groups in total. The number of carbonyl (C=O) groups is 1. The van der Waals surface area contributed by atoms with Crippen molar-refractivity contribution < 1.29 is 44.8 Å². The molecule has 2 aromatic rings. The van der Waals surface area contributed by atoms with Crippen LogP contribution in [0.25, 0.3) is 10.8 Å². The Bertz CT molecular complexity index is 1040. The lowest BCUT2D eigenvalue weighted by Gasteiger charge is -2.20. The number of benzene rings is 2. The molecule has 1 atom stereocenters. The number of fused-ring (bicyclic) bond motifs is 1. The molecule has 2 aromatic carbocycles. The largest absolute Gasteiger partial charge is 0.534 e. The second-order valence-electron chi connectivity index (χ2n) is 5.56. The van der Waals surface area contributed by atoms with Crippen molar-refractivity contribution in [1.29, 1.82) is 0 Å². The van der Waals surface area contributed by atoms with Gasteiger partial charge in [0.25, 0.3) is 0 Å². The van der Waals surface area contributed by atoms with Crippen molar-refractivity contribution >= 4 is 38.5 Å². The minimum absolute atomic E-state index is 0.0110. The fraction of sp³-hybridized carbons (Fsp3) is 0.312. The molecule has 0 fully saturated rings. The summed E-state index contributed by atoms with van der Waals surface area (Å²) in [4.78, 5) is 11.9. The molecule has 0 heterocycles. The predicted octanol–water partition coefficient (Wildman–Crippen LogP) is 3.77. The van der Waals surface area contributed by atoms with Gasteiger partial charge in [-0.05, 0) is 36.9 Å². The lowest BCUT2D eigenvalue weighted by Crippen LogP contribution is -2.29. The van der Waals surface area contributed by atoms with Crippen LogP contribution in [0.15, 0.2) is 18.2 Å². The molecule has 0 unspecified atom stereocenters. The Morgan fingerprint density at radius 1 is 1.29 bits per heavy atom. The van der Waals surface area contributed by atoms with E-state index >= 15 is 0 Å². The molecule has 0 aliphatic carbocycles. The highest BCUT2D eigenvalue weighted by Crippen LogP contribution is 2.41. The van der Waals surface area contributed by atoms with Crippen LogP contribution in [0.1, 0.15) is 24.2 Å². The van der Waals surface area contributed by atoms with Crippen molar-refractivity contribution in [3.05, 3.63) is 40.2 Å². The van der Waals surface area contributed by atoms with Crippen molar-refractivity contribution in [3.63, 3.8) is 0 Å². The monoisotopic (exact) mass is 444 g/mol. The van der Waals surface area contributed by atoms with Gasteiger partial charge in [-0.2, -0.15) is 21.6 Å². The summed E-state index contributed by atoms with van der Waals surface area (Å²) in [5.74, 6) is -3.39. The summed E-state index contributed by atoms with van der Waals surface area (Å²) in [7, 11) is -6.19. The first-order chi connectivity index (χ1) is 12.8. The Morgan fingerprint density at radius 2 is 1.89 bits per heavy atom. The number of alkyl halides is 3. The van der Waals surface area contributed by atoms with Crippen molar-refractivity contribution in [3.8, 4) is 5.75 Å². The predicted molar refractivity (Wildman–Crippen MR) is 90.8 cm³/mol. The van der Waals surface area contributed by atoms with Gasteiger partial charge in [-0.1, -0.05) is 17.7 Å². The van der Waals surface area contributed by atoms with Gasteiger partial charge in [0.1, 0.15) is 5.82 Å². The Kier molecular flexibility index (Phi) is 6.12. The molecule has 0 aromatic heterocycles. The minimum Gasteiger partial charge on any atom is -0.464 e. The van der Waals surface area contributed by atoms with Gasteiger partial charge in [0.2, 0.25) is 0 Å². The molecule has 28 heavy (non-hydrogen) atoms. The zero-order valence-corrected chi connectivity index (χ0v) is 15.9.